The first kappa shape index (κ1) is 18.4. The van der Waals surface area contributed by atoms with Crippen LogP contribution in [0, 0.1) is 6.92 Å². The highest BCUT2D eigenvalue weighted by atomic mass is 79.9. The van der Waals surface area contributed by atoms with E-state index in [0.717, 1.165) is 22.3 Å². The molecule has 0 N–H and O–H groups in total. The summed E-state index contributed by atoms with van der Waals surface area (Å²) in [5, 5.41) is 0.540. The second-order valence-corrected chi connectivity index (χ2v) is 9.25. The Morgan fingerprint density at radius 3 is 2.07 bits per heavy atom. The summed E-state index contributed by atoms with van der Waals surface area (Å²) < 4.78 is 29.0. The van der Waals surface area contributed by atoms with E-state index in [1.165, 1.54) is 0 Å². The van der Waals surface area contributed by atoms with E-state index in [-0.39, 0.29) is 12.1 Å². The molecule has 5 heteroatoms. The Hall–Kier alpha value is -1.95. The molecule has 3 nitrogen and oxygen atoms in total. The van der Waals surface area contributed by atoms with E-state index in [0.29, 0.717) is 10.2 Å². The van der Waals surface area contributed by atoms with Crippen LogP contribution in [0.3, 0.4) is 0 Å². The lowest BCUT2D eigenvalue weighted by atomic mass is 9.98. The third kappa shape index (κ3) is 3.14. The first-order valence-electron chi connectivity index (χ1n) is 8.84. The number of fused-ring (bicyclic) bond motifs is 1. The van der Waals surface area contributed by atoms with Crippen LogP contribution in [0.25, 0.3) is 0 Å². The molecule has 0 unspecified atom stereocenters. The van der Waals surface area contributed by atoms with E-state index < -0.39 is 10.0 Å². The van der Waals surface area contributed by atoms with Gasteiger partial charge >= 0.3 is 0 Å². The maximum Gasteiger partial charge on any atom is 0.244 e. The molecule has 0 amide bonds. The van der Waals surface area contributed by atoms with Gasteiger partial charge in [0.25, 0.3) is 0 Å². The van der Waals surface area contributed by atoms with Crippen LogP contribution >= 0.6 is 15.9 Å². The standard InChI is InChI=1S/C22H20BrNO2S/c1-16-11-13-18(14-12-16)27(25,26)24-21(15-23)19-9-5-6-10-20(19)22(24)17-7-3-2-4-8-17/h2-14,21-22H,15H2,1H3/t21-,22+/m0/s1. The number of sulfonamides is 1. The van der Waals surface area contributed by atoms with Gasteiger partial charge in [-0.3, -0.25) is 0 Å². The maximum absolute atomic E-state index is 13.7. The molecule has 0 spiro atoms. The van der Waals surface area contributed by atoms with Crippen molar-refractivity contribution in [2.24, 2.45) is 0 Å². The minimum Gasteiger partial charge on any atom is -0.207 e. The van der Waals surface area contributed by atoms with Gasteiger partial charge < -0.3 is 0 Å². The quantitative estimate of drug-likeness (QED) is 0.520. The molecule has 1 heterocycles. The van der Waals surface area contributed by atoms with Crippen LogP contribution < -0.4 is 0 Å². The van der Waals surface area contributed by atoms with Crippen molar-refractivity contribution in [3.63, 3.8) is 0 Å². The summed E-state index contributed by atoms with van der Waals surface area (Å²) in [5.74, 6) is 0. The van der Waals surface area contributed by atoms with Gasteiger partial charge in [-0.15, -0.1) is 0 Å². The van der Waals surface area contributed by atoms with Crippen molar-refractivity contribution < 1.29 is 8.42 Å². The number of hydrogen-bond donors (Lipinski definition) is 0. The molecule has 0 aliphatic carbocycles. The fraction of sp³-hybridized carbons (Fsp3) is 0.182. The topological polar surface area (TPSA) is 37.4 Å². The first-order valence-corrected chi connectivity index (χ1v) is 11.4. The van der Waals surface area contributed by atoms with Crippen LogP contribution in [0.1, 0.15) is 34.3 Å². The predicted octanol–water partition coefficient (Wildman–Crippen LogP) is 5.22. The fourth-order valence-electron chi connectivity index (χ4n) is 3.77. The van der Waals surface area contributed by atoms with E-state index in [1.807, 2.05) is 73.7 Å². The summed E-state index contributed by atoms with van der Waals surface area (Å²) in [5.41, 5.74) is 4.11. The second-order valence-electron chi connectivity index (χ2n) is 6.76. The number of hydrogen-bond acceptors (Lipinski definition) is 2. The smallest absolute Gasteiger partial charge is 0.207 e. The van der Waals surface area contributed by atoms with Crippen molar-refractivity contribution >= 4 is 26.0 Å². The van der Waals surface area contributed by atoms with Crippen molar-refractivity contribution in [3.05, 3.63) is 101 Å². The predicted molar refractivity (Wildman–Crippen MR) is 111 cm³/mol. The molecule has 0 saturated heterocycles. The number of alkyl halides is 1. The van der Waals surface area contributed by atoms with Crippen LogP contribution in [-0.2, 0) is 10.0 Å². The number of rotatable bonds is 4. The molecule has 1 aliphatic rings. The highest BCUT2D eigenvalue weighted by molar-refractivity contribution is 9.09. The van der Waals surface area contributed by atoms with Crippen LogP contribution in [0.15, 0.2) is 83.8 Å². The number of halogens is 1. The highest BCUT2D eigenvalue weighted by Gasteiger charge is 2.45. The average molecular weight is 442 g/mol. The highest BCUT2D eigenvalue weighted by Crippen LogP contribution is 2.48. The molecular weight excluding hydrogens is 422 g/mol. The summed E-state index contributed by atoms with van der Waals surface area (Å²) in [6.07, 6.45) is 0. The van der Waals surface area contributed by atoms with Gasteiger partial charge in [-0.25, -0.2) is 8.42 Å². The Morgan fingerprint density at radius 1 is 0.852 bits per heavy atom. The number of benzene rings is 3. The molecule has 0 fully saturated rings. The third-order valence-electron chi connectivity index (χ3n) is 5.07. The Bertz CT molecular complexity index is 1050. The summed E-state index contributed by atoms with van der Waals surface area (Å²) in [6, 6.07) is 24.3. The summed E-state index contributed by atoms with van der Waals surface area (Å²) in [7, 11) is -3.68. The number of nitrogens with zero attached hydrogens (tertiary/aromatic N) is 1. The van der Waals surface area contributed by atoms with Gasteiger partial charge in [-0.05, 0) is 35.7 Å². The van der Waals surface area contributed by atoms with E-state index in [2.05, 4.69) is 15.9 Å². The molecular formula is C22H20BrNO2S. The molecule has 0 bridgehead atoms. The van der Waals surface area contributed by atoms with Gasteiger partial charge in [0.2, 0.25) is 10.0 Å². The molecule has 2 atom stereocenters. The number of aryl methyl sites for hydroxylation is 1. The molecule has 0 aromatic heterocycles. The van der Waals surface area contributed by atoms with E-state index in [4.69, 9.17) is 0 Å². The second kappa shape index (κ2) is 7.23. The van der Waals surface area contributed by atoms with Crippen LogP contribution in [-0.4, -0.2) is 18.1 Å². The lowest BCUT2D eigenvalue weighted by molar-refractivity contribution is 0.336. The maximum atomic E-state index is 13.7. The van der Waals surface area contributed by atoms with E-state index >= 15 is 0 Å². The molecule has 4 rings (SSSR count). The van der Waals surface area contributed by atoms with Crippen molar-refractivity contribution in [1.29, 1.82) is 0 Å². The Morgan fingerprint density at radius 2 is 1.44 bits per heavy atom. The average Bonchev–Trinajstić information content (AvgIpc) is 3.04. The van der Waals surface area contributed by atoms with Gasteiger partial charge in [0.1, 0.15) is 0 Å². The summed E-state index contributed by atoms with van der Waals surface area (Å²) in [6.45, 7) is 1.95. The first-order chi connectivity index (χ1) is 13.0. The third-order valence-corrected chi connectivity index (χ3v) is 7.57. The van der Waals surface area contributed by atoms with Crippen molar-refractivity contribution in [1.82, 2.24) is 4.31 Å². The molecule has 0 radical (unpaired) electrons. The van der Waals surface area contributed by atoms with Gasteiger partial charge in [-0.1, -0.05) is 88.2 Å². The molecule has 0 saturated carbocycles. The minimum absolute atomic E-state index is 0.252. The van der Waals surface area contributed by atoms with Crippen molar-refractivity contribution in [3.8, 4) is 0 Å². The van der Waals surface area contributed by atoms with Crippen LogP contribution in [0.5, 0.6) is 0 Å². The largest absolute Gasteiger partial charge is 0.244 e. The SMILES string of the molecule is Cc1ccc(S(=O)(=O)N2[C@H](c3ccccc3)c3ccccc3[C@@H]2CBr)cc1. The Balaban J connectivity index is 1.92. The van der Waals surface area contributed by atoms with Gasteiger partial charge in [0, 0.05) is 5.33 Å². The lowest BCUT2D eigenvalue weighted by Gasteiger charge is -2.29. The Labute approximate surface area is 168 Å². The molecule has 138 valence electrons. The van der Waals surface area contributed by atoms with E-state index in [1.54, 1.807) is 16.4 Å². The molecule has 27 heavy (non-hydrogen) atoms. The fourth-order valence-corrected chi connectivity index (χ4v) is 6.38. The van der Waals surface area contributed by atoms with Crippen molar-refractivity contribution in [2.75, 3.05) is 5.33 Å². The van der Waals surface area contributed by atoms with Gasteiger partial charge in [0.15, 0.2) is 0 Å². The summed E-state index contributed by atoms with van der Waals surface area (Å²) in [4.78, 5) is 0.327. The zero-order valence-corrected chi connectivity index (χ0v) is 17.3. The zero-order valence-electron chi connectivity index (χ0n) is 14.9. The molecule has 1 aliphatic heterocycles. The molecule has 3 aromatic rings. The minimum atomic E-state index is -3.68. The zero-order chi connectivity index (χ0) is 19.0. The van der Waals surface area contributed by atoms with Gasteiger partial charge in [0.05, 0.1) is 17.0 Å². The van der Waals surface area contributed by atoms with Crippen LogP contribution in [0.2, 0.25) is 0 Å². The van der Waals surface area contributed by atoms with Gasteiger partial charge in [-0.2, -0.15) is 4.31 Å². The lowest BCUT2D eigenvalue weighted by Crippen LogP contribution is -2.34. The van der Waals surface area contributed by atoms with E-state index in [9.17, 15) is 8.42 Å². The summed E-state index contributed by atoms with van der Waals surface area (Å²) >= 11 is 3.56. The Kier molecular flexibility index (Phi) is 4.93. The van der Waals surface area contributed by atoms with Crippen molar-refractivity contribution in [2.45, 2.75) is 23.9 Å². The monoisotopic (exact) mass is 441 g/mol. The van der Waals surface area contributed by atoms with Crippen LogP contribution in [0.4, 0.5) is 0 Å². The normalized spacial score (nSPS) is 19.8. The molecule has 3 aromatic carbocycles.